The summed E-state index contributed by atoms with van der Waals surface area (Å²) < 4.78 is 0. The number of hydrogen-bond donors (Lipinski definition) is 1. The van der Waals surface area contributed by atoms with Crippen LogP contribution in [0.5, 0.6) is 0 Å². The quantitative estimate of drug-likeness (QED) is 0.657. The van der Waals surface area contributed by atoms with E-state index in [-0.39, 0.29) is 0 Å². The zero-order chi connectivity index (χ0) is 10.6. The Morgan fingerprint density at radius 1 is 1.21 bits per heavy atom. The van der Waals surface area contributed by atoms with E-state index >= 15 is 0 Å². The first-order valence-electron chi connectivity index (χ1n) is 4.04. The Kier molecular flexibility index (Phi) is 4.99. The second kappa shape index (κ2) is 5.79. The average Bonchev–Trinajstić information content (AvgIpc) is 2.09. The molecule has 0 aromatic heterocycles. The Bertz CT molecular complexity index is 294. The van der Waals surface area contributed by atoms with E-state index in [1.807, 2.05) is 0 Å². The molecule has 0 aliphatic rings. The van der Waals surface area contributed by atoms with Gasteiger partial charge in [-0.1, -0.05) is 34.8 Å². The van der Waals surface area contributed by atoms with Gasteiger partial charge in [-0.2, -0.15) is 0 Å². The van der Waals surface area contributed by atoms with Crippen molar-refractivity contribution in [1.82, 2.24) is 5.48 Å². The fraction of sp³-hybridized carbons (Fsp3) is 0.333. The number of rotatable bonds is 4. The second-order valence-electron chi connectivity index (χ2n) is 2.70. The predicted molar refractivity (Wildman–Crippen MR) is 60.2 cm³/mol. The highest BCUT2D eigenvalue weighted by atomic mass is 35.5. The number of halogens is 3. The molecule has 0 aliphatic carbocycles. The third kappa shape index (κ3) is 3.30. The van der Waals surface area contributed by atoms with E-state index in [4.69, 9.17) is 39.6 Å². The van der Waals surface area contributed by atoms with Crippen LogP contribution in [0, 0.1) is 0 Å². The Labute approximate surface area is 98.1 Å². The van der Waals surface area contributed by atoms with Crippen LogP contribution in [0.3, 0.4) is 0 Å². The van der Waals surface area contributed by atoms with Crippen LogP contribution in [0.1, 0.15) is 5.56 Å². The van der Waals surface area contributed by atoms with Gasteiger partial charge in [0.1, 0.15) is 0 Å². The normalized spacial score (nSPS) is 10.6. The third-order valence-electron chi connectivity index (χ3n) is 1.73. The van der Waals surface area contributed by atoms with E-state index in [9.17, 15) is 0 Å². The molecule has 1 aromatic rings. The summed E-state index contributed by atoms with van der Waals surface area (Å²) in [5, 5.41) is 1.71. The van der Waals surface area contributed by atoms with Gasteiger partial charge < -0.3 is 4.84 Å². The molecule has 0 unspecified atom stereocenters. The van der Waals surface area contributed by atoms with Gasteiger partial charge in [-0.3, -0.25) is 0 Å². The highest BCUT2D eigenvalue weighted by molar-refractivity contribution is 6.39. The fourth-order valence-corrected chi connectivity index (χ4v) is 2.09. The standard InChI is InChI=1S/C9H10Cl3NO/c1-14-13-3-2-7-8(11)4-6(10)5-9(7)12/h4-5,13H,2-3H2,1H3. The van der Waals surface area contributed by atoms with Crippen molar-refractivity contribution in [3.05, 3.63) is 32.8 Å². The highest BCUT2D eigenvalue weighted by Gasteiger charge is 2.06. The molecule has 1 aromatic carbocycles. The van der Waals surface area contributed by atoms with Crippen LogP contribution >= 0.6 is 34.8 Å². The van der Waals surface area contributed by atoms with Crippen LogP contribution in [0.4, 0.5) is 0 Å². The zero-order valence-corrected chi connectivity index (χ0v) is 9.88. The summed E-state index contributed by atoms with van der Waals surface area (Å²) in [6.07, 6.45) is 0.697. The zero-order valence-electron chi connectivity index (χ0n) is 7.61. The number of hydrogen-bond acceptors (Lipinski definition) is 2. The van der Waals surface area contributed by atoms with E-state index < -0.39 is 0 Å². The lowest BCUT2D eigenvalue weighted by Crippen LogP contribution is -2.15. The molecule has 0 amide bonds. The van der Waals surface area contributed by atoms with Crippen LogP contribution < -0.4 is 5.48 Å². The van der Waals surface area contributed by atoms with Crippen LogP contribution in [-0.4, -0.2) is 13.7 Å². The lowest BCUT2D eigenvalue weighted by atomic mass is 10.1. The molecule has 1 rings (SSSR count). The van der Waals surface area contributed by atoms with E-state index in [1.54, 1.807) is 19.2 Å². The summed E-state index contributed by atoms with van der Waals surface area (Å²) in [5.74, 6) is 0. The van der Waals surface area contributed by atoms with Crippen molar-refractivity contribution in [2.24, 2.45) is 0 Å². The van der Waals surface area contributed by atoms with Crippen LogP contribution in [0.2, 0.25) is 15.1 Å². The molecular formula is C9H10Cl3NO. The minimum absolute atomic E-state index is 0.545. The van der Waals surface area contributed by atoms with Crippen LogP contribution in [0.15, 0.2) is 12.1 Å². The highest BCUT2D eigenvalue weighted by Crippen LogP contribution is 2.28. The molecular weight excluding hydrogens is 244 g/mol. The summed E-state index contributed by atoms with van der Waals surface area (Å²) in [6.45, 7) is 0.650. The van der Waals surface area contributed by atoms with Crippen molar-refractivity contribution >= 4 is 34.8 Å². The SMILES string of the molecule is CONCCc1c(Cl)cc(Cl)cc1Cl. The molecule has 2 nitrogen and oxygen atoms in total. The first kappa shape index (κ1) is 12.1. The molecule has 0 heterocycles. The molecule has 0 aliphatic heterocycles. The maximum absolute atomic E-state index is 5.98. The molecule has 0 saturated carbocycles. The average molecular weight is 255 g/mol. The minimum Gasteiger partial charge on any atom is -0.305 e. The molecule has 0 saturated heterocycles. The van der Waals surface area contributed by atoms with Gasteiger partial charge in [-0.15, -0.1) is 0 Å². The molecule has 0 bridgehead atoms. The van der Waals surface area contributed by atoms with Gasteiger partial charge in [0.05, 0.1) is 7.11 Å². The van der Waals surface area contributed by atoms with Crippen molar-refractivity contribution < 1.29 is 4.84 Å². The maximum atomic E-state index is 5.98. The molecule has 5 heteroatoms. The van der Waals surface area contributed by atoms with Crippen LogP contribution in [0.25, 0.3) is 0 Å². The molecule has 78 valence electrons. The summed E-state index contributed by atoms with van der Waals surface area (Å²) in [6, 6.07) is 3.36. The first-order chi connectivity index (χ1) is 6.65. The van der Waals surface area contributed by atoms with Gasteiger partial charge in [0.25, 0.3) is 0 Å². The summed E-state index contributed by atoms with van der Waals surface area (Å²) in [5.41, 5.74) is 3.59. The topological polar surface area (TPSA) is 21.3 Å². The Morgan fingerprint density at radius 2 is 1.79 bits per heavy atom. The molecule has 0 spiro atoms. The second-order valence-corrected chi connectivity index (χ2v) is 3.95. The summed E-state index contributed by atoms with van der Waals surface area (Å²) in [4.78, 5) is 4.70. The van der Waals surface area contributed by atoms with Gasteiger partial charge in [0, 0.05) is 21.6 Å². The monoisotopic (exact) mass is 253 g/mol. The van der Waals surface area contributed by atoms with Crippen molar-refractivity contribution in [2.75, 3.05) is 13.7 Å². The van der Waals surface area contributed by atoms with E-state index in [2.05, 4.69) is 5.48 Å². The Balaban J connectivity index is 2.75. The first-order valence-corrected chi connectivity index (χ1v) is 5.18. The number of hydroxylamine groups is 1. The van der Waals surface area contributed by atoms with Gasteiger partial charge in [-0.05, 0) is 24.1 Å². The molecule has 1 N–H and O–H groups in total. The van der Waals surface area contributed by atoms with Crippen molar-refractivity contribution in [3.63, 3.8) is 0 Å². The van der Waals surface area contributed by atoms with Gasteiger partial charge in [-0.25, -0.2) is 5.48 Å². The third-order valence-corrected chi connectivity index (χ3v) is 2.62. The van der Waals surface area contributed by atoms with Gasteiger partial charge in [0.2, 0.25) is 0 Å². The van der Waals surface area contributed by atoms with Crippen LogP contribution in [-0.2, 0) is 11.3 Å². The lowest BCUT2D eigenvalue weighted by molar-refractivity contribution is 0.0928. The van der Waals surface area contributed by atoms with Crippen molar-refractivity contribution in [1.29, 1.82) is 0 Å². The van der Waals surface area contributed by atoms with Crippen molar-refractivity contribution in [3.8, 4) is 0 Å². The summed E-state index contributed by atoms with van der Waals surface area (Å²) in [7, 11) is 1.56. The predicted octanol–water partition coefficient (Wildman–Crippen LogP) is 3.34. The summed E-state index contributed by atoms with van der Waals surface area (Å²) >= 11 is 17.7. The van der Waals surface area contributed by atoms with E-state index in [0.29, 0.717) is 28.0 Å². The molecule has 0 atom stereocenters. The van der Waals surface area contributed by atoms with Gasteiger partial charge >= 0.3 is 0 Å². The smallest absolute Gasteiger partial charge is 0.0572 e. The lowest BCUT2D eigenvalue weighted by Gasteiger charge is -2.07. The largest absolute Gasteiger partial charge is 0.305 e. The van der Waals surface area contributed by atoms with E-state index in [0.717, 1.165) is 5.56 Å². The minimum atomic E-state index is 0.545. The number of benzene rings is 1. The Hall–Kier alpha value is 0.01000. The molecule has 0 radical (unpaired) electrons. The van der Waals surface area contributed by atoms with E-state index in [1.165, 1.54) is 0 Å². The molecule has 14 heavy (non-hydrogen) atoms. The fourth-order valence-electron chi connectivity index (χ4n) is 1.09. The maximum Gasteiger partial charge on any atom is 0.0572 e. The number of nitrogens with one attached hydrogen (secondary N) is 1. The Morgan fingerprint density at radius 3 is 2.29 bits per heavy atom. The van der Waals surface area contributed by atoms with Crippen molar-refractivity contribution in [2.45, 2.75) is 6.42 Å². The van der Waals surface area contributed by atoms with Gasteiger partial charge in [0.15, 0.2) is 0 Å². The molecule has 0 fully saturated rings.